The summed E-state index contributed by atoms with van der Waals surface area (Å²) < 4.78 is 0. The first-order valence-corrected chi connectivity index (χ1v) is 3.04. The molecule has 0 aromatic heterocycles. The monoisotopic (exact) mass is 166 g/mol. The van der Waals surface area contributed by atoms with Gasteiger partial charge in [0.05, 0.1) is 5.56 Å². The van der Waals surface area contributed by atoms with Crippen LogP contribution < -0.4 is 4.91 Å². The Kier molecular flexibility index (Phi) is 4.80. The molecule has 5 heteroatoms. The lowest BCUT2D eigenvalue weighted by Crippen LogP contribution is -1.93. The molecule has 0 bridgehead atoms. The van der Waals surface area contributed by atoms with Gasteiger partial charge in [-0.15, -0.1) is 0 Å². The summed E-state index contributed by atoms with van der Waals surface area (Å²) in [5.41, 5.74) is 11.3. The quantitative estimate of drug-likeness (QED) is 0.435. The van der Waals surface area contributed by atoms with Crippen molar-refractivity contribution < 1.29 is 9.90 Å². The number of hydrogen-bond donors (Lipinski definition) is 3. The van der Waals surface area contributed by atoms with Crippen molar-refractivity contribution in [2.75, 3.05) is 0 Å². The standard InChI is InChI=1S/C7H6O2.H2N3/c8-7(9)6-4-2-1-3-5-6;1-3-2/h1-5H,(H,8,9);1-2H/q;+1. The van der Waals surface area contributed by atoms with Crippen molar-refractivity contribution in [2.24, 2.45) is 0 Å². The van der Waals surface area contributed by atoms with Crippen LogP contribution in [0.3, 0.4) is 0 Å². The summed E-state index contributed by atoms with van der Waals surface area (Å²) in [5, 5.41) is 8.38. The Labute approximate surface area is 68.7 Å². The third kappa shape index (κ3) is 3.92. The molecule has 1 rings (SSSR count). The highest BCUT2D eigenvalue weighted by Crippen LogP contribution is 1.96. The van der Waals surface area contributed by atoms with Gasteiger partial charge in [-0.2, -0.15) is 0 Å². The molecule has 0 amide bonds. The smallest absolute Gasteiger partial charge is 0.335 e. The molecule has 62 valence electrons. The molecule has 12 heavy (non-hydrogen) atoms. The Morgan fingerprint density at radius 2 is 1.67 bits per heavy atom. The lowest BCUT2D eigenvalue weighted by molar-refractivity contribution is 0.0697. The van der Waals surface area contributed by atoms with Crippen LogP contribution in [0.15, 0.2) is 30.3 Å². The molecule has 5 nitrogen and oxygen atoms in total. The number of aromatic carboxylic acids is 1. The maximum atomic E-state index is 10.2. The third-order valence-electron chi connectivity index (χ3n) is 1.02. The van der Waals surface area contributed by atoms with E-state index in [1.165, 1.54) is 0 Å². The molecule has 0 radical (unpaired) electrons. The van der Waals surface area contributed by atoms with E-state index in [-0.39, 0.29) is 0 Å². The number of benzene rings is 1. The van der Waals surface area contributed by atoms with E-state index in [1.54, 1.807) is 30.3 Å². The van der Waals surface area contributed by atoms with Crippen molar-refractivity contribution in [3.05, 3.63) is 35.9 Å². The highest BCUT2D eigenvalue weighted by atomic mass is 16.4. The SMILES string of the molecule is N=[N+]=N.O=C(O)c1ccccc1. The fourth-order valence-corrected chi connectivity index (χ4v) is 0.581. The number of hydrogen-bond acceptors (Lipinski definition) is 3. The van der Waals surface area contributed by atoms with Gasteiger partial charge in [-0.05, 0) is 12.1 Å². The van der Waals surface area contributed by atoms with Gasteiger partial charge >= 0.3 is 5.97 Å². The first-order valence-electron chi connectivity index (χ1n) is 3.04. The predicted molar refractivity (Wildman–Crippen MR) is 41.0 cm³/mol. The number of carbonyl (C=O) groups is 1. The molecule has 0 aliphatic carbocycles. The molecule has 1 aromatic rings. The number of nitrogens with one attached hydrogen (secondary N) is 2. The summed E-state index contributed by atoms with van der Waals surface area (Å²) in [6, 6.07) is 8.30. The maximum absolute atomic E-state index is 10.2. The minimum Gasteiger partial charge on any atom is -0.478 e. The van der Waals surface area contributed by atoms with Gasteiger partial charge in [-0.1, -0.05) is 18.2 Å². The first-order chi connectivity index (χ1) is 5.72. The van der Waals surface area contributed by atoms with Crippen molar-refractivity contribution in [1.82, 2.24) is 4.91 Å². The van der Waals surface area contributed by atoms with Crippen molar-refractivity contribution in [1.29, 1.82) is 11.1 Å². The minimum absolute atomic E-state index is 0.331. The second kappa shape index (κ2) is 5.76. The minimum atomic E-state index is -0.879. The van der Waals surface area contributed by atoms with Crippen molar-refractivity contribution in [3.8, 4) is 0 Å². The van der Waals surface area contributed by atoms with E-state index in [2.05, 4.69) is 0 Å². The molecule has 0 atom stereocenters. The molecule has 0 saturated carbocycles. The largest absolute Gasteiger partial charge is 0.478 e. The van der Waals surface area contributed by atoms with Crippen LogP contribution in [-0.2, 0) is 0 Å². The van der Waals surface area contributed by atoms with Crippen LogP contribution in [0.5, 0.6) is 0 Å². The maximum Gasteiger partial charge on any atom is 0.335 e. The van der Waals surface area contributed by atoms with Crippen LogP contribution in [0.1, 0.15) is 10.4 Å². The topological polar surface area (TPSA) is 99.1 Å². The number of carboxylic acids is 1. The molecule has 0 aliphatic rings. The van der Waals surface area contributed by atoms with Gasteiger partial charge in [0.25, 0.3) is 0 Å². The van der Waals surface area contributed by atoms with Gasteiger partial charge in [0, 0.05) is 0 Å². The van der Waals surface area contributed by atoms with E-state index in [0.29, 0.717) is 5.56 Å². The van der Waals surface area contributed by atoms with Gasteiger partial charge in [0.2, 0.25) is 4.91 Å². The Hall–Kier alpha value is -2.00. The highest BCUT2D eigenvalue weighted by Gasteiger charge is 1.96. The molecule has 0 saturated heterocycles. The molecule has 0 heterocycles. The van der Waals surface area contributed by atoms with E-state index in [1.807, 2.05) is 4.91 Å². The summed E-state index contributed by atoms with van der Waals surface area (Å²) in [7, 11) is 0. The van der Waals surface area contributed by atoms with Gasteiger partial charge in [0.1, 0.15) is 11.1 Å². The molecule has 0 spiro atoms. The van der Waals surface area contributed by atoms with Crippen LogP contribution in [0.2, 0.25) is 0 Å². The van der Waals surface area contributed by atoms with Crippen molar-refractivity contribution in [2.45, 2.75) is 0 Å². The molecule has 3 N–H and O–H groups in total. The summed E-state index contributed by atoms with van der Waals surface area (Å²) in [4.78, 5) is 12.2. The Bertz CT molecular complexity index is 278. The molecule has 0 aliphatic heterocycles. The van der Waals surface area contributed by atoms with Crippen molar-refractivity contribution in [3.63, 3.8) is 0 Å². The van der Waals surface area contributed by atoms with Crippen LogP contribution in [0.4, 0.5) is 0 Å². The average molecular weight is 166 g/mol. The Balaban J connectivity index is 0.000000354. The number of nitrogens with zero attached hydrogens (tertiary/aromatic N) is 1. The Morgan fingerprint density at radius 1 is 1.25 bits per heavy atom. The number of rotatable bonds is 1. The lowest BCUT2D eigenvalue weighted by atomic mass is 10.2. The van der Waals surface area contributed by atoms with Gasteiger partial charge in [-0.25, -0.2) is 4.79 Å². The third-order valence-corrected chi connectivity index (χ3v) is 1.02. The van der Waals surface area contributed by atoms with Crippen LogP contribution >= 0.6 is 0 Å². The van der Waals surface area contributed by atoms with E-state index in [4.69, 9.17) is 16.2 Å². The van der Waals surface area contributed by atoms with Gasteiger partial charge in [-0.3, -0.25) is 0 Å². The van der Waals surface area contributed by atoms with Gasteiger partial charge < -0.3 is 5.11 Å². The number of carboxylic acid groups (broad SMARTS) is 1. The molecule has 0 unspecified atom stereocenters. The van der Waals surface area contributed by atoms with E-state index < -0.39 is 5.97 Å². The fraction of sp³-hybridized carbons (Fsp3) is 0. The zero-order chi connectivity index (χ0) is 9.40. The molecular formula is C7H8N3O2+. The lowest BCUT2D eigenvalue weighted by Gasteiger charge is -1.88. The predicted octanol–water partition coefficient (Wildman–Crippen LogP) is 1.50. The highest BCUT2D eigenvalue weighted by molar-refractivity contribution is 5.87. The summed E-state index contributed by atoms with van der Waals surface area (Å²) in [6.45, 7) is 0. The molecule has 1 aromatic carbocycles. The van der Waals surface area contributed by atoms with E-state index >= 15 is 0 Å². The second-order valence-electron chi connectivity index (χ2n) is 1.78. The average Bonchev–Trinajstić information content (AvgIpc) is 2.07. The Morgan fingerprint density at radius 3 is 1.92 bits per heavy atom. The summed E-state index contributed by atoms with van der Waals surface area (Å²) >= 11 is 0. The summed E-state index contributed by atoms with van der Waals surface area (Å²) in [5.74, 6) is -0.879. The molecular weight excluding hydrogens is 158 g/mol. The van der Waals surface area contributed by atoms with E-state index in [0.717, 1.165) is 0 Å². The zero-order valence-corrected chi connectivity index (χ0v) is 6.19. The van der Waals surface area contributed by atoms with Crippen LogP contribution in [0, 0.1) is 11.1 Å². The van der Waals surface area contributed by atoms with Crippen LogP contribution in [-0.4, -0.2) is 11.1 Å². The fourth-order valence-electron chi connectivity index (χ4n) is 0.581. The summed E-state index contributed by atoms with van der Waals surface area (Å²) in [6.07, 6.45) is 0. The zero-order valence-electron chi connectivity index (χ0n) is 6.19. The van der Waals surface area contributed by atoms with Crippen molar-refractivity contribution >= 4 is 5.97 Å². The van der Waals surface area contributed by atoms with E-state index in [9.17, 15) is 4.79 Å². The molecule has 0 fully saturated rings. The van der Waals surface area contributed by atoms with Gasteiger partial charge in [0.15, 0.2) is 0 Å². The normalized spacial score (nSPS) is 7.33. The second-order valence-corrected chi connectivity index (χ2v) is 1.78. The first kappa shape index (κ1) is 10.0. The van der Waals surface area contributed by atoms with Crippen LogP contribution in [0.25, 0.3) is 0 Å².